The summed E-state index contributed by atoms with van der Waals surface area (Å²) in [6.07, 6.45) is -1.61. The second-order valence-electron chi connectivity index (χ2n) is 6.36. The normalized spacial score (nSPS) is 10.1. The summed E-state index contributed by atoms with van der Waals surface area (Å²) in [4.78, 5) is 34.8. The number of non-ortho nitro benzene ring substituents is 1. The maximum absolute atomic E-state index is 12.2. The summed E-state index contributed by atoms with van der Waals surface area (Å²) in [5.74, 6) is 0. The lowest BCUT2D eigenvalue weighted by Gasteiger charge is -2.13. The number of nitro groups is 1. The summed E-state index contributed by atoms with van der Waals surface area (Å²) in [6.45, 7) is 0.0605. The molecule has 0 radical (unpaired) electrons. The summed E-state index contributed by atoms with van der Waals surface area (Å²) in [7, 11) is 0. The van der Waals surface area contributed by atoms with Crippen molar-refractivity contribution in [1.82, 2.24) is 0 Å². The van der Waals surface area contributed by atoms with Gasteiger partial charge in [0.05, 0.1) is 16.3 Å². The maximum Gasteiger partial charge on any atom is 0.412 e. The quantitative estimate of drug-likeness (QED) is 0.405. The predicted molar refractivity (Wildman–Crippen MR) is 114 cm³/mol. The first-order chi connectivity index (χ1) is 15.0. The largest absolute Gasteiger partial charge is 0.444 e. The van der Waals surface area contributed by atoms with E-state index >= 15 is 0 Å². The minimum absolute atomic E-state index is 0.00363. The summed E-state index contributed by atoms with van der Waals surface area (Å²) in [6, 6.07) is 21.7. The van der Waals surface area contributed by atoms with Crippen molar-refractivity contribution in [2.45, 2.75) is 13.2 Å². The number of nitro benzene ring substituents is 1. The Balaban J connectivity index is 1.65. The van der Waals surface area contributed by atoms with Gasteiger partial charge in [0.1, 0.15) is 13.2 Å². The fourth-order valence-corrected chi connectivity index (χ4v) is 2.60. The second kappa shape index (κ2) is 10.4. The molecule has 9 heteroatoms. The number of anilines is 2. The molecule has 0 heterocycles. The van der Waals surface area contributed by atoms with E-state index in [0.717, 1.165) is 17.2 Å². The topological polar surface area (TPSA) is 120 Å². The number of carbonyl (C=O) groups excluding carboxylic acids is 2. The van der Waals surface area contributed by atoms with Crippen molar-refractivity contribution in [3.63, 3.8) is 0 Å². The molecule has 2 amide bonds. The van der Waals surface area contributed by atoms with Gasteiger partial charge in [0.15, 0.2) is 0 Å². The molecule has 158 valence electrons. The molecule has 0 aliphatic rings. The Labute approximate surface area is 177 Å². The molecular formula is C22H19N3O6. The maximum atomic E-state index is 12.2. The molecule has 9 nitrogen and oxygen atoms in total. The minimum Gasteiger partial charge on any atom is -0.444 e. The highest BCUT2D eigenvalue weighted by Gasteiger charge is 2.16. The Hall–Kier alpha value is -4.40. The Morgan fingerprint density at radius 3 is 1.71 bits per heavy atom. The molecule has 2 N–H and O–H groups in total. The van der Waals surface area contributed by atoms with E-state index in [-0.39, 0.29) is 30.3 Å². The lowest BCUT2D eigenvalue weighted by molar-refractivity contribution is -0.384. The first-order valence-corrected chi connectivity index (χ1v) is 9.25. The van der Waals surface area contributed by atoms with Crippen LogP contribution < -0.4 is 10.6 Å². The fourth-order valence-electron chi connectivity index (χ4n) is 2.60. The van der Waals surface area contributed by atoms with Gasteiger partial charge in [-0.2, -0.15) is 0 Å². The highest BCUT2D eigenvalue weighted by molar-refractivity contribution is 5.95. The van der Waals surface area contributed by atoms with Crippen molar-refractivity contribution in [3.8, 4) is 0 Å². The van der Waals surface area contributed by atoms with Crippen LogP contribution in [0.4, 0.5) is 26.7 Å². The zero-order chi connectivity index (χ0) is 22.1. The van der Waals surface area contributed by atoms with E-state index < -0.39 is 17.1 Å². The van der Waals surface area contributed by atoms with Gasteiger partial charge in [-0.3, -0.25) is 20.7 Å². The van der Waals surface area contributed by atoms with Gasteiger partial charge in [-0.15, -0.1) is 0 Å². The molecule has 3 aromatic rings. The molecule has 0 saturated carbocycles. The molecule has 0 aliphatic heterocycles. The van der Waals surface area contributed by atoms with E-state index in [1.54, 1.807) is 36.4 Å². The van der Waals surface area contributed by atoms with Crippen molar-refractivity contribution < 1.29 is 24.0 Å². The number of carbonyl (C=O) groups is 2. The van der Waals surface area contributed by atoms with Crippen LogP contribution in [-0.2, 0) is 22.7 Å². The van der Waals surface area contributed by atoms with Gasteiger partial charge in [0.25, 0.3) is 5.69 Å². The van der Waals surface area contributed by atoms with Crippen LogP contribution in [0.1, 0.15) is 11.1 Å². The Bertz CT molecular complexity index is 1060. The van der Waals surface area contributed by atoms with E-state index in [1.807, 2.05) is 24.3 Å². The van der Waals surface area contributed by atoms with E-state index in [2.05, 4.69) is 10.6 Å². The van der Waals surface area contributed by atoms with Crippen LogP contribution in [-0.4, -0.2) is 17.1 Å². The number of hydrogen-bond donors (Lipinski definition) is 2. The molecule has 3 rings (SSSR count). The first-order valence-electron chi connectivity index (χ1n) is 9.25. The molecule has 31 heavy (non-hydrogen) atoms. The molecule has 0 aliphatic carbocycles. The molecular weight excluding hydrogens is 402 g/mol. The average molecular weight is 421 g/mol. The van der Waals surface area contributed by atoms with Gasteiger partial charge in [-0.25, -0.2) is 9.59 Å². The van der Waals surface area contributed by atoms with Crippen LogP contribution in [0.2, 0.25) is 0 Å². The predicted octanol–water partition coefficient (Wildman–Crippen LogP) is 5.09. The van der Waals surface area contributed by atoms with Crippen molar-refractivity contribution in [2.75, 3.05) is 10.6 Å². The summed E-state index contributed by atoms with van der Waals surface area (Å²) < 4.78 is 10.3. The van der Waals surface area contributed by atoms with Crippen LogP contribution in [0, 0.1) is 10.1 Å². The van der Waals surface area contributed by atoms with Crippen LogP contribution >= 0.6 is 0 Å². The molecule has 0 aromatic heterocycles. The molecule has 3 aromatic carbocycles. The number of amides is 2. The minimum atomic E-state index is -0.829. The van der Waals surface area contributed by atoms with Crippen LogP contribution in [0.3, 0.4) is 0 Å². The van der Waals surface area contributed by atoms with Gasteiger partial charge in [-0.1, -0.05) is 60.7 Å². The Kier molecular flexibility index (Phi) is 7.15. The Morgan fingerprint density at radius 1 is 0.742 bits per heavy atom. The third-order valence-electron chi connectivity index (χ3n) is 4.11. The van der Waals surface area contributed by atoms with Gasteiger partial charge >= 0.3 is 12.2 Å². The SMILES string of the molecule is O=C(Nc1ccc([N+](=O)[O-])cc1NC(=O)OCc1ccccc1)OCc1ccccc1. The number of rotatable bonds is 7. The van der Waals surface area contributed by atoms with Crippen LogP contribution in [0.25, 0.3) is 0 Å². The van der Waals surface area contributed by atoms with E-state index in [4.69, 9.17) is 9.47 Å². The van der Waals surface area contributed by atoms with Crippen LogP contribution in [0.5, 0.6) is 0 Å². The van der Waals surface area contributed by atoms with Gasteiger partial charge in [0, 0.05) is 12.1 Å². The second-order valence-corrected chi connectivity index (χ2v) is 6.36. The van der Waals surface area contributed by atoms with Crippen molar-refractivity contribution in [3.05, 3.63) is 100 Å². The van der Waals surface area contributed by atoms with Crippen LogP contribution in [0.15, 0.2) is 78.9 Å². The zero-order valence-electron chi connectivity index (χ0n) is 16.3. The van der Waals surface area contributed by atoms with Gasteiger partial charge in [-0.05, 0) is 17.2 Å². The zero-order valence-corrected chi connectivity index (χ0v) is 16.3. The number of hydrogen-bond acceptors (Lipinski definition) is 6. The molecule has 0 unspecified atom stereocenters. The van der Waals surface area contributed by atoms with E-state index in [0.29, 0.717) is 0 Å². The van der Waals surface area contributed by atoms with Crippen molar-refractivity contribution >= 4 is 29.2 Å². The summed E-state index contributed by atoms with van der Waals surface area (Å²) in [5.41, 5.74) is 1.44. The smallest absolute Gasteiger partial charge is 0.412 e. The molecule has 0 saturated heterocycles. The lowest BCUT2D eigenvalue weighted by atomic mass is 10.2. The van der Waals surface area contributed by atoms with Gasteiger partial charge < -0.3 is 9.47 Å². The van der Waals surface area contributed by atoms with E-state index in [1.165, 1.54) is 12.1 Å². The number of benzene rings is 3. The lowest BCUT2D eigenvalue weighted by Crippen LogP contribution is -2.18. The van der Waals surface area contributed by atoms with Crippen molar-refractivity contribution in [1.29, 1.82) is 0 Å². The van der Waals surface area contributed by atoms with Crippen molar-refractivity contribution in [2.24, 2.45) is 0 Å². The molecule has 0 spiro atoms. The molecule has 0 atom stereocenters. The highest BCUT2D eigenvalue weighted by Crippen LogP contribution is 2.27. The standard InChI is InChI=1S/C22H19N3O6/c26-21(30-14-16-7-3-1-4-8-16)23-19-12-11-18(25(28)29)13-20(19)24-22(27)31-15-17-9-5-2-6-10-17/h1-13H,14-15H2,(H,23,26)(H,24,27). The average Bonchev–Trinajstić information content (AvgIpc) is 2.79. The fraction of sp³-hybridized carbons (Fsp3) is 0.0909. The summed E-state index contributed by atoms with van der Waals surface area (Å²) >= 11 is 0. The highest BCUT2D eigenvalue weighted by atomic mass is 16.6. The number of ether oxygens (including phenoxy) is 2. The Morgan fingerprint density at radius 2 is 1.23 bits per heavy atom. The van der Waals surface area contributed by atoms with E-state index in [9.17, 15) is 19.7 Å². The number of nitrogens with one attached hydrogen (secondary N) is 2. The third kappa shape index (κ3) is 6.57. The van der Waals surface area contributed by atoms with Gasteiger partial charge in [0.2, 0.25) is 0 Å². The molecule has 0 fully saturated rings. The monoisotopic (exact) mass is 421 g/mol. The number of nitrogens with zero attached hydrogens (tertiary/aromatic N) is 1. The molecule has 0 bridgehead atoms. The third-order valence-corrected chi connectivity index (χ3v) is 4.11. The summed E-state index contributed by atoms with van der Waals surface area (Å²) in [5, 5.41) is 16.0. The first kappa shape index (κ1) is 21.3.